The molecule has 90 valence electrons. The van der Waals surface area contributed by atoms with Gasteiger partial charge in [0, 0.05) is 12.2 Å². The largest absolute Gasteiger partial charge is 0.380 e. The van der Waals surface area contributed by atoms with E-state index in [1.165, 1.54) is 6.07 Å². The van der Waals surface area contributed by atoms with Crippen LogP contribution in [0.5, 0.6) is 0 Å². The molecule has 0 aliphatic rings. The molecular formula is C13H20FNO. The first-order valence-electron chi connectivity index (χ1n) is 5.85. The van der Waals surface area contributed by atoms with Gasteiger partial charge >= 0.3 is 0 Å². The molecule has 0 heterocycles. The maximum Gasteiger partial charge on any atom is 0.128 e. The molecule has 0 fully saturated rings. The summed E-state index contributed by atoms with van der Waals surface area (Å²) >= 11 is 0. The molecule has 0 saturated carbocycles. The number of halogens is 1. The van der Waals surface area contributed by atoms with E-state index >= 15 is 0 Å². The Kier molecular flexibility index (Phi) is 6.04. The average Bonchev–Trinajstić information content (AvgIpc) is 2.31. The van der Waals surface area contributed by atoms with Gasteiger partial charge in [0.15, 0.2) is 0 Å². The van der Waals surface area contributed by atoms with Crippen LogP contribution >= 0.6 is 0 Å². The van der Waals surface area contributed by atoms with Crippen molar-refractivity contribution in [3.8, 4) is 0 Å². The SMILES string of the molecule is CCCNC(COCC)c1ccccc1F. The molecule has 16 heavy (non-hydrogen) atoms. The van der Waals surface area contributed by atoms with E-state index < -0.39 is 0 Å². The van der Waals surface area contributed by atoms with Crippen molar-refractivity contribution in [3.63, 3.8) is 0 Å². The fourth-order valence-corrected chi connectivity index (χ4v) is 1.57. The van der Waals surface area contributed by atoms with Gasteiger partial charge in [0.25, 0.3) is 0 Å². The van der Waals surface area contributed by atoms with Gasteiger partial charge in [-0.2, -0.15) is 0 Å². The average molecular weight is 225 g/mol. The third-order valence-electron chi connectivity index (χ3n) is 2.41. The van der Waals surface area contributed by atoms with Gasteiger partial charge in [0.05, 0.1) is 12.6 Å². The lowest BCUT2D eigenvalue weighted by atomic mass is 10.1. The molecule has 1 aromatic rings. The second kappa shape index (κ2) is 7.36. The zero-order valence-electron chi connectivity index (χ0n) is 10.0. The zero-order valence-corrected chi connectivity index (χ0v) is 10.0. The number of hydrogen-bond donors (Lipinski definition) is 1. The number of hydrogen-bond acceptors (Lipinski definition) is 2. The molecule has 0 aliphatic carbocycles. The van der Waals surface area contributed by atoms with Crippen molar-refractivity contribution in [2.75, 3.05) is 19.8 Å². The van der Waals surface area contributed by atoms with Gasteiger partial charge in [-0.15, -0.1) is 0 Å². The highest BCUT2D eigenvalue weighted by Gasteiger charge is 2.14. The van der Waals surface area contributed by atoms with Gasteiger partial charge in [0.1, 0.15) is 5.82 Å². The molecule has 0 bridgehead atoms. The Morgan fingerprint density at radius 2 is 2.06 bits per heavy atom. The molecule has 0 spiro atoms. The lowest BCUT2D eigenvalue weighted by molar-refractivity contribution is 0.122. The summed E-state index contributed by atoms with van der Waals surface area (Å²) in [6.07, 6.45) is 1.02. The van der Waals surface area contributed by atoms with Crippen LogP contribution in [-0.2, 0) is 4.74 Å². The van der Waals surface area contributed by atoms with Crippen molar-refractivity contribution < 1.29 is 9.13 Å². The molecular weight excluding hydrogens is 205 g/mol. The molecule has 0 aliphatic heterocycles. The number of ether oxygens (including phenoxy) is 1. The predicted octanol–water partition coefficient (Wildman–Crippen LogP) is 2.90. The van der Waals surface area contributed by atoms with E-state index in [0.717, 1.165) is 13.0 Å². The van der Waals surface area contributed by atoms with Crippen molar-refractivity contribution in [3.05, 3.63) is 35.6 Å². The second-order valence-electron chi connectivity index (χ2n) is 3.69. The minimum atomic E-state index is -0.171. The predicted molar refractivity (Wildman–Crippen MR) is 63.9 cm³/mol. The van der Waals surface area contributed by atoms with E-state index in [2.05, 4.69) is 12.2 Å². The minimum Gasteiger partial charge on any atom is -0.380 e. The monoisotopic (exact) mass is 225 g/mol. The molecule has 0 radical (unpaired) electrons. The normalized spacial score (nSPS) is 12.7. The Morgan fingerprint density at radius 1 is 1.31 bits per heavy atom. The number of nitrogens with one attached hydrogen (secondary N) is 1. The van der Waals surface area contributed by atoms with Crippen molar-refractivity contribution in [2.45, 2.75) is 26.3 Å². The van der Waals surface area contributed by atoms with Crippen LogP contribution in [0.15, 0.2) is 24.3 Å². The van der Waals surface area contributed by atoms with Crippen LogP contribution in [0, 0.1) is 5.82 Å². The summed E-state index contributed by atoms with van der Waals surface area (Å²) in [5, 5.41) is 3.30. The van der Waals surface area contributed by atoms with E-state index in [1.54, 1.807) is 6.07 Å². The Balaban J connectivity index is 2.70. The Labute approximate surface area is 96.8 Å². The molecule has 0 amide bonds. The van der Waals surface area contributed by atoms with Crippen LogP contribution in [0.4, 0.5) is 4.39 Å². The lowest BCUT2D eigenvalue weighted by Gasteiger charge is -2.19. The van der Waals surface area contributed by atoms with Gasteiger partial charge in [-0.25, -0.2) is 4.39 Å². The van der Waals surface area contributed by atoms with Crippen molar-refractivity contribution in [1.29, 1.82) is 0 Å². The van der Waals surface area contributed by atoms with Crippen LogP contribution in [0.1, 0.15) is 31.9 Å². The summed E-state index contributed by atoms with van der Waals surface area (Å²) in [4.78, 5) is 0. The van der Waals surface area contributed by atoms with Gasteiger partial charge in [0.2, 0.25) is 0 Å². The topological polar surface area (TPSA) is 21.3 Å². The molecule has 1 atom stereocenters. The van der Waals surface area contributed by atoms with Crippen LogP contribution in [0.2, 0.25) is 0 Å². The maximum absolute atomic E-state index is 13.6. The fourth-order valence-electron chi connectivity index (χ4n) is 1.57. The zero-order chi connectivity index (χ0) is 11.8. The molecule has 0 saturated heterocycles. The summed E-state index contributed by atoms with van der Waals surface area (Å²) in [6, 6.07) is 6.80. The first-order valence-corrected chi connectivity index (χ1v) is 5.85. The molecule has 3 heteroatoms. The standard InChI is InChI=1S/C13H20FNO/c1-3-9-15-13(10-16-4-2)11-7-5-6-8-12(11)14/h5-8,13,15H,3-4,9-10H2,1-2H3. The maximum atomic E-state index is 13.6. The Morgan fingerprint density at radius 3 is 2.69 bits per heavy atom. The van der Waals surface area contributed by atoms with Gasteiger partial charge in [-0.05, 0) is 26.0 Å². The quantitative estimate of drug-likeness (QED) is 0.770. The summed E-state index contributed by atoms with van der Waals surface area (Å²) in [5.41, 5.74) is 0.685. The van der Waals surface area contributed by atoms with E-state index in [-0.39, 0.29) is 11.9 Å². The highest BCUT2D eigenvalue weighted by Crippen LogP contribution is 2.17. The lowest BCUT2D eigenvalue weighted by Crippen LogP contribution is -2.27. The van der Waals surface area contributed by atoms with Crippen LogP contribution < -0.4 is 5.32 Å². The summed E-state index contributed by atoms with van der Waals surface area (Å²) in [6.45, 7) is 6.06. The van der Waals surface area contributed by atoms with Crippen LogP contribution in [0.25, 0.3) is 0 Å². The second-order valence-corrected chi connectivity index (χ2v) is 3.69. The molecule has 0 aromatic heterocycles. The summed E-state index contributed by atoms with van der Waals surface area (Å²) in [7, 11) is 0. The van der Waals surface area contributed by atoms with E-state index in [9.17, 15) is 4.39 Å². The summed E-state index contributed by atoms with van der Waals surface area (Å²) < 4.78 is 19.0. The molecule has 1 N–H and O–H groups in total. The highest BCUT2D eigenvalue weighted by molar-refractivity contribution is 5.21. The van der Waals surface area contributed by atoms with Gasteiger partial charge < -0.3 is 10.1 Å². The van der Waals surface area contributed by atoms with E-state index in [4.69, 9.17) is 4.74 Å². The van der Waals surface area contributed by atoms with Gasteiger partial charge in [-0.3, -0.25) is 0 Å². The fraction of sp³-hybridized carbons (Fsp3) is 0.538. The number of benzene rings is 1. The van der Waals surface area contributed by atoms with Crippen molar-refractivity contribution in [2.24, 2.45) is 0 Å². The molecule has 2 nitrogen and oxygen atoms in total. The minimum absolute atomic E-state index is 0.0545. The van der Waals surface area contributed by atoms with E-state index in [0.29, 0.717) is 18.8 Å². The number of rotatable bonds is 7. The third-order valence-corrected chi connectivity index (χ3v) is 2.41. The van der Waals surface area contributed by atoms with Crippen LogP contribution in [0.3, 0.4) is 0 Å². The Bertz CT molecular complexity index is 296. The van der Waals surface area contributed by atoms with Crippen molar-refractivity contribution in [1.82, 2.24) is 5.32 Å². The first-order chi connectivity index (χ1) is 7.79. The third kappa shape index (κ3) is 3.91. The smallest absolute Gasteiger partial charge is 0.128 e. The highest BCUT2D eigenvalue weighted by atomic mass is 19.1. The van der Waals surface area contributed by atoms with Crippen molar-refractivity contribution >= 4 is 0 Å². The first kappa shape index (κ1) is 13.1. The van der Waals surface area contributed by atoms with E-state index in [1.807, 2.05) is 19.1 Å². The summed E-state index contributed by atoms with van der Waals surface area (Å²) in [5.74, 6) is -0.171. The van der Waals surface area contributed by atoms with Crippen LogP contribution in [-0.4, -0.2) is 19.8 Å². The van der Waals surface area contributed by atoms with Gasteiger partial charge in [-0.1, -0.05) is 25.1 Å². The molecule has 1 unspecified atom stereocenters. The molecule has 1 rings (SSSR count). The molecule has 1 aromatic carbocycles. The Hall–Kier alpha value is -0.930.